The second kappa shape index (κ2) is 5.66. The van der Waals surface area contributed by atoms with E-state index in [2.05, 4.69) is 36.4 Å². The molecule has 0 bridgehead atoms. The van der Waals surface area contributed by atoms with Crippen LogP contribution in [0.3, 0.4) is 0 Å². The number of fused-ring (bicyclic) bond motifs is 3. The number of carbonyl (C=O) groups excluding carboxylic acids is 1. The van der Waals surface area contributed by atoms with Crippen molar-refractivity contribution in [1.82, 2.24) is 20.1 Å². The average Bonchev–Trinajstić information content (AvgIpc) is 3.03. The van der Waals surface area contributed by atoms with Crippen LogP contribution in [0.25, 0.3) is 11.0 Å². The summed E-state index contributed by atoms with van der Waals surface area (Å²) in [7, 11) is 0. The van der Waals surface area contributed by atoms with Crippen molar-refractivity contribution < 1.29 is 4.79 Å². The van der Waals surface area contributed by atoms with Gasteiger partial charge in [-0.3, -0.25) is 5.10 Å². The fraction of sp³-hybridized carbons (Fsp3) is 0.188. The molecule has 4 rings (SSSR count). The summed E-state index contributed by atoms with van der Waals surface area (Å²) in [6.07, 6.45) is 4.44. The lowest BCUT2D eigenvalue weighted by Crippen LogP contribution is -2.39. The van der Waals surface area contributed by atoms with Gasteiger partial charge < -0.3 is 10.2 Å². The van der Waals surface area contributed by atoms with Gasteiger partial charge in [0.1, 0.15) is 0 Å². The summed E-state index contributed by atoms with van der Waals surface area (Å²) in [5.74, 6) is 0. The Labute approximate surface area is 141 Å². The number of carbonyl (C=O) groups is 1. The fourth-order valence-corrected chi connectivity index (χ4v) is 3.30. The van der Waals surface area contributed by atoms with Crippen molar-refractivity contribution in [2.75, 3.05) is 11.9 Å². The fourth-order valence-electron chi connectivity index (χ4n) is 2.90. The van der Waals surface area contributed by atoms with E-state index in [9.17, 15) is 4.79 Å². The van der Waals surface area contributed by atoms with E-state index in [1.54, 1.807) is 11.1 Å². The van der Waals surface area contributed by atoms with Crippen LogP contribution in [0.4, 0.5) is 10.5 Å². The van der Waals surface area contributed by atoms with E-state index in [4.69, 9.17) is 0 Å². The molecule has 7 heteroatoms. The maximum absolute atomic E-state index is 12.5. The van der Waals surface area contributed by atoms with Gasteiger partial charge in [-0.05, 0) is 35.7 Å². The van der Waals surface area contributed by atoms with Gasteiger partial charge in [-0.25, -0.2) is 9.78 Å². The quantitative estimate of drug-likeness (QED) is 0.688. The Kier molecular flexibility index (Phi) is 3.49. The molecule has 0 saturated carbocycles. The van der Waals surface area contributed by atoms with Gasteiger partial charge in [0.05, 0.1) is 6.20 Å². The van der Waals surface area contributed by atoms with Crippen molar-refractivity contribution in [1.29, 1.82) is 0 Å². The molecule has 1 aliphatic heterocycles. The molecular weight excluding hydrogens is 358 g/mol. The largest absolute Gasteiger partial charge is 0.322 e. The van der Waals surface area contributed by atoms with E-state index < -0.39 is 0 Å². The zero-order valence-electron chi connectivity index (χ0n) is 12.2. The molecule has 1 aromatic carbocycles. The minimum Gasteiger partial charge on any atom is -0.320 e. The molecule has 0 saturated heterocycles. The minimum absolute atomic E-state index is 0.0963. The molecule has 116 valence electrons. The molecule has 6 nitrogen and oxygen atoms in total. The predicted octanol–water partition coefficient (Wildman–Crippen LogP) is 3.31. The molecule has 23 heavy (non-hydrogen) atoms. The second-order valence-electron chi connectivity index (χ2n) is 5.51. The van der Waals surface area contributed by atoms with Crippen molar-refractivity contribution >= 4 is 38.7 Å². The van der Waals surface area contributed by atoms with Gasteiger partial charge in [-0.1, -0.05) is 22.0 Å². The van der Waals surface area contributed by atoms with Crippen LogP contribution < -0.4 is 5.32 Å². The molecule has 0 aliphatic carbocycles. The van der Waals surface area contributed by atoms with Gasteiger partial charge in [-0.15, -0.1) is 0 Å². The maximum Gasteiger partial charge on any atom is 0.322 e. The number of anilines is 1. The van der Waals surface area contributed by atoms with Crippen LogP contribution in [-0.2, 0) is 13.0 Å². The first-order valence-electron chi connectivity index (χ1n) is 7.32. The van der Waals surface area contributed by atoms with Crippen molar-refractivity contribution in [2.24, 2.45) is 0 Å². The number of nitrogens with zero attached hydrogens (tertiary/aromatic N) is 3. The first-order chi connectivity index (χ1) is 11.2. The third kappa shape index (κ3) is 2.68. The Morgan fingerprint density at radius 3 is 3.13 bits per heavy atom. The lowest BCUT2D eigenvalue weighted by Gasteiger charge is -2.29. The van der Waals surface area contributed by atoms with Crippen LogP contribution in [0.2, 0.25) is 0 Å². The number of pyridine rings is 1. The monoisotopic (exact) mass is 371 g/mol. The maximum atomic E-state index is 12.5. The number of aromatic amines is 1. The molecule has 3 heterocycles. The molecule has 0 fully saturated rings. The van der Waals surface area contributed by atoms with Gasteiger partial charge in [0.2, 0.25) is 0 Å². The highest BCUT2D eigenvalue weighted by Crippen LogP contribution is 2.25. The number of benzene rings is 1. The molecule has 0 unspecified atom stereocenters. The SMILES string of the molecule is O=C(Nc1cccc(Br)c1)N1CCc2c(cnc3[nH]ncc23)C1. The number of rotatable bonds is 1. The smallest absolute Gasteiger partial charge is 0.320 e. The summed E-state index contributed by atoms with van der Waals surface area (Å²) < 4.78 is 0.936. The van der Waals surface area contributed by atoms with Gasteiger partial charge >= 0.3 is 6.03 Å². The van der Waals surface area contributed by atoms with E-state index in [1.165, 1.54) is 5.56 Å². The Hall–Kier alpha value is -2.41. The van der Waals surface area contributed by atoms with Crippen molar-refractivity contribution in [2.45, 2.75) is 13.0 Å². The lowest BCUT2D eigenvalue weighted by molar-refractivity contribution is 0.206. The third-order valence-electron chi connectivity index (χ3n) is 4.04. The molecular formula is C16H14BrN5O. The number of nitrogens with one attached hydrogen (secondary N) is 2. The summed E-state index contributed by atoms with van der Waals surface area (Å²) in [5.41, 5.74) is 3.89. The van der Waals surface area contributed by atoms with Gasteiger partial charge in [-0.2, -0.15) is 5.10 Å². The summed E-state index contributed by atoms with van der Waals surface area (Å²) in [6.45, 7) is 1.24. The highest BCUT2D eigenvalue weighted by molar-refractivity contribution is 9.10. The van der Waals surface area contributed by atoms with Crippen LogP contribution >= 0.6 is 15.9 Å². The normalized spacial score (nSPS) is 13.9. The van der Waals surface area contributed by atoms with E-state index in [0.717, 1.165) is 33.2 Å². The topological polar surface area (TPSA) is 73.9 Å². The minimum atomic E-state index is -0.0963. The number of amides is 2. The summed E-state index contributed by atoms with van der Waals surface area (Å²) in [6, 6.07) is 7.48. The highest BCUT2D eigenvalue weighted by Gasteiger charge is 2.23. The van der Waals surface area contributed by atoms with Crippen molar-refractivity contribution in [3.63, 3.8) is 0 Å². The predicted molar refractivity (Wildman–Crippen MR) is 91.2 cm³/mol. The molecule has 2 aromatic heterocycles. The van der Waals surface area contributed by atoms with Crippen molar-refractivity contribution in [3.8, 4) is 0 Å². The summed E-state index contributed by atoms with van der Waals surface area (Å²) >= 11 is 3.41. The first-order valence-corrected chi connectivity index (χ1v) is 8.11. The lowest BCUT2D eigenvalue weighted by atomic mass is 9.99. The molecule has 2 amide bonds. The Bertz CT molecular complexity index is 891. The summed E-state index contributed by atoms with van der Waals surface area (Å²) in [5, 5.41) is 10.9. The molecule has 0 atom stereocenters. The van der Waals surface area contributed by atoms with E-state index >= 15 is 0 Å². The molecule has 1 aliphatic rings. The highest BCUT2D eigenvalue weighted by atomic mass is 79.9. The van der Waals surface area contributed by atoms with Crippen molar-refractivity contribution in [3.05, 3.63) is 52.3 Å². The Balaban J connectivity index is 1.54. The Morgan fingerprint density at radius 1 is 1.35 bits per heavy atom. The third-order valence-corrected chi connectivity index (χ3v) is 4.53. The second-order valence-corrected chi connectivity index (χ2v) is 6.42. The number of aromatic nitrogens is 3. The number of halogens is 1. The molecule has 0 spiro atoms. The van der Waals surface area contributed by atoms with E-state index in [-0.39, 0.29) is 6.03 Å². The van der Waals surface area contributed by atoms with Crippen LogP contribution in [-0.4, -0.2) is 32.7 Å². The van der Waals surface area contributed by atoms with Crippen LogP contribution in [0, 0.1) is 0 Å². The standard InChI is InChI=1S/C16H14BrN5O/c17-11-2-1-3-12(6-11)20-16(23)22-5-4-13-10(9-22)7-18-15-14(13)8-19-21-15/h1-3,6-8H,4-5,9H2,(H,20,23)(H,18,19,21). The van der Waals surface area contributed by atoms with Crippen LogP contribution in [0.1, 0.15) is 11.1 Å². The summed E-state index contributed by atoms with van der Waals surface area (Å²) in [4.78, 5) is 18.6. The Morgan fingerprint density at radius 2 is 2.26 bits per heavy atom. The molecule has 3 aromatic rings. The molecule has 2 N–H and O–H groups in total. The van der Waals surface area contributed by atoms with E-state index in [0.29, 0.717) is 13.1 Å². The van der Waals surface area contributed by atoms with Crippen LogP contribution in [0.5, 0.6) is 0 Å². The zero-order chi connectivity index (χ0) is 15.8. The first kappa shape index (κ1) is 14.2. The van der Waals surface area contributed by atoms with Gasteiger partial charge in [0, 0.05) is 34.8 Å². The number of hydrogen-bond acceptors (Lipinski definition) is 3. The number of hydrogen-bond donors (Lipinski definition) is 2. The van der Waals surface area contributed by atoms with Crippen LogP contribution in [0.15, 0.2) is 41.1 Å². The van der Waals surface area contributed by atoms with Gasteiger partial charge in [0.15, 0.2) is 5.65 Å². The number of urea groups is 1. The van der Waals surface area contributed by atoms with Gasteiger partial charge in [0.25, 0.3) is 0 Å². The number of H-pyrrole nitrogens is 1. The molecule has 0 radical (unpaired) electrons. The zero-order valence-corrected chi connectivity index (χ0v) is 13.8. The average molecular weight is 372 g/mol. The van der Waals surface area contributed by atoms with E-state index in [1.807, 2.05) is 30.5 Å².